The lowest BCUT2D eigenvalue weighted by Crippen LogP contribution is -2.39. The molecule has 0 radical (unpaired) electrons. The fraction of sp³-hybridized carbons (Fsp3) is 0.389. The number of nitrogens with zero attached hydrogens (tertiary/aromatic N) is 5. The second-order valence-electron chi connectivity index (χ2n) is 6.68. The molecule has 1 aliphatic heterocycles. The third-order valence-corrected chi connectivity index (χ3v) is 5.86. The van der Waals surface area contributed by atoms with Crippen LogP contribution in [0, 0.1) is 0 Å². The molecule has 1 aliphatic rings. The highest BCUT2D eigenvalue weighted by Gasteiger charge is 2.24. The molecule has 0 amide bonds. The van der Waals surface area contributed by atoms with E-state index in [4.69, 9.17) is 0 Å². The average Bonchev–Trinajstić information content (AvgIpc) is 3.03. The van der Waals surface area contributed by atoms with Crippen LogP contribution < -0.4 is 11.2 Å². The smallest absolute Gasteiger partial charge is 0.320 e. The van der Waals surface area contributed by atoms with Gasteiger partial charge in [-0.1, -0.05) is 34.1 Å². The third kappa shape index (κ3) is 2.73. The molecule has 0 fully saturated rings. The monoisotopic (exact) mass is 417 g/mol. The number of fused-ring (bicyclic) bond motifs is 3. The van der Waals surface area contributed by atoms with Gasteiger partial charge in [0.1, 0.15) is 5.82 Å². The van der Waals surface area contributed by atoms with E-state index >= 15 is 0 Å². The number of rotatable bonds is 3. The minimum absolute atomic E-state index is 0.275. The zero-order valence-corrected chi connectivity index (χ0v) is 16.4. The lowest BCUT2D eigenvalue weighted by Gasteiger charge is -2.27. The summed E-state index contributed by atoms with van der Waals surface area (Å²) < 4.78 is 5.69. The maximum Gasteiger partial charge on any atom is 0.332 e. The Bertz CT molecular complexity index is 1110. The number of imidazole rings is 1. The van der Waals surface area contributed by atoms with E-state index in [1.807, 2.05) is 16.7 Å². The van der Waals surface area contributed by atoms with Crippen molar-refractivity contribution in [2.24, 2.45) is 14.1 Å². The SMILES string of the molecule is Cn1c(=O)c2c(nc3n2CCN(CCc2ccccc2Br)C3)n(C)c1=O. The Balaban J connectivity index is 1.63. The largest absolute Gasteiger partial charge is 0.332 e. The molecule has 26 heavy (non-hydrogen) atoms. The quantitative estimate of drug-likeness (QED) is 0.643. The van der Waals surface area contributed by atoms with E-state index < -0.39 is 0 Å². The van der Waals surface area contributed by atoms with Gasteiger partial charge in [-0.15, -0.1) is 0 Å². The Morgan fingerprint density at radius 3 is 2.65 bits per heavy atom. The minimum Gasteiger partial charge on any atom is -0.320 e. The van der Waals surface area contributed by atoms with Gasteiger partial charge >= 0.3 is 5.69 Å². The Morgan fingerprint density at radius 1 is 1.12 bits per heavy atom. The number of aryl methyl sites for hydroxylation is 1. The Morgan fingerprint density at radius 2 is 1.88 bits per heavy atom. The van der Waals surface area contributed by atoms with Crippen LogP contribution in [-0.4, -0.2) is 36.7 Å². The number of halogens is 1. The molecule has 0 saturated carbocycles. The summed E-state index contributed by atoms with van der Waals surface area (Å²) in [6, 6.07) is 8.25. The van der Waals surface area contributed by atoms with Crippen molar-refractivity contribution in [1.29, 1.82) is 0 Å². The molecule has 0 aliphatic carbocycles. The fourth-order valence-corrected chi connectivity index (χ4v) is 4.03. The van der Waals surface area contributed by atoms with Crippen molar-refractivity contribution in [3.63, 3.8) is 0 Å². The van der Waals surface area contributed by atoms with E-state index in [1.54, 1.807) is 7.05 Å². The van der Waals surface area contributed by atoms with Crippen LogP contribution in [0.5, 0.6) is 0 Å². The summed E-state index contributed by atoms with van der Waals surface area (Å²) in [6.45, 7) is 3.16. The molecule has 0 saturated heterocycles. The molecule has 8 heteroatoms. The molecule has 0 bridgehead atoms. The van der Waals surface area contributed by atoms with E-state index in [2.05, 4.69) is 37.9 Å². The fourth-order valence-electron chi connectivity index (χ4n) is 3.54. The molecule has 136 valence electrons. The van der Waals surface area contributed by atoms with Gasteiger partial charge in [0.25, 0.3) is 5.56 Å². The topological polar surface area (TPSA) is 65.1 Å². The lowest BCUT2D eigenvalue weighted by atomic mass is 10.1. The van der Waals surface area contributed by atoms with E-state index in [0.29, 0.717) is 24.3 Å². The number of benzene rings is 1. The summed E-state index contributed by atoms with van der Waals surface area (Å²) in [7, 11) is 3.17. The minimum atomic E-state index is -0.344. The van der Waals surface area contributed by atoms with Crippen molar-refractivity contribution in [3.8, 4) is 0 Å². The zero-order valence-electron chi connectivity index (χ0n) is 14.8. The lowest BCUT2D eigenvalue weighted by molar-refractivity contribution is 0.221. The summed E-state index contributed by atoms with van der Waals surface area (Å²) in [5.74, 6) is 0.844. The van der Waals surface area contributed by atoms with Crippen LogP contribution in [0.15, 0.2) is 38.3 Å². The predicted molar refractivity (Wildman–Crippen MR) is 103 cm³/mol. The maximum atomic E-state index is 12.5. The van der Waals surface area contributed by atoms with E-state index in [0.717, 1.165) is 34.4 Å². The van der Waals surface area contributed by atoms with Crippen molar-refractivity contribution in [2.75, 3.05) is 13.1 Å². The summed E-state index contributed by atoms with van der Waals surface area (Å²) in [4.78, 5) is 31.6. The van der Waals surface area contributed by atoms with Gasteiger partial charge in [0.15, 0.2) is 11.2 Å². The van der Waals surface area contributed by atoms with Gasteiger partial charge in [-0.3, -0.25) is 18.8 Å². The molecule has 0 spiro atoms. The molecule has 0 unspecified atom stereocenters. The summed E-state index contributed by atoms with van der Waals surface area (Å²) in [5.41, 5.74) is 1.66. The van der Waals surface area contributed by atoms with E-state index in [9.17, 15) is 9.59 Å². The summed E-state index contributed by atoms with van der Waals surface area (Å²) in [6.07, 6.45) is 0.946. The van der Waals surface area contributed by atoms with Crippen LogP contribution >= 0.6 is 15.9 Å². The van der Waals surface area contributed by atoms with Gasteiger partial charge in [0.05, 0.1) is 6.54 Å². The van der Waals surface area contributed by atoms with Crippen molar-refractivity contribution in [2.45, 2.75) is 19.5 Å². The molecule has 0 N–H and O–H groups in total. The first-order valence-corrected chi connectivity index (χ1v) is 9.37. The zero-order chi connectivity index (χ0) is 18.4. The molecule has 3 heterocycles. The number of aromatic nitrogens is 4. The maximum absolute atomic E-state index is 12.5. The molecule has 2 aromatic heterocycles. The van der Waals surface area contributed by atoms with Crippen LogP contribution in [0.1, 0.15) is 11.4 Å². The highest BCUT2D eigenvalue weighted by molar-refractivity contribution is 9.10. The highest BCUT2D eigenvalue weighted by atomic mass is 79.9. The van der Waals surface area contributed by atoms with Gasteiger partial charge < -0.3 is 4.57 Å². The molecular weight excluding hydrogens is 398 g/mol. The standard InChI is InChI=1S/C18H20BrN5O2/c1-21-16-15(17(25)22(2)18(21)26)24-10-9-23(11-14(24)20-16)8-7-12-5-3-4-6-13(12)19/h3-6H,7-11H2,1-2H3. The van der Waals surface area contributed by atoms with Gasteiger partial charge in [0, 0.05) is 38.2 Å². The second-order valence-corrected chi connectivity index (χ2v) is 7.53. The van der Waals surface area contributed by atoms with E-state index in [1.165, 1.54) is 17.2 Å². The van der Waals surface area contributed by atoms with Crippen LogP contribution in [-0.2, 0) is 33.6 Å². The van der Waals surface area contributed by atoms with Crippen molar-refractivity contribution < 1.29 is 0 Å². The Hall–Kier alpha value is -2.19. The van der Waals surface area contributed by atoms with Crippen molar-refractivity contribution in [1.82, 2.24) is 23.6 Å². The van der Waals surface area contributed by atoms with Crippen LogP contribution in [0.2, 0.25) is 0 Å². The second kappa shape index (κ2) is 6.51. The van der Waals surface area contributed by atoms with Gasteiger partial charge in [-0.25, -0.2) is 9.78 Å². The molecule has 4 rings (SSSR count). The Labute approximate surface area is 158 Å². The van der Waals surface area contributed by atoms with Crippen LogP contribution in [0.4, 0.5) is 0 Å². The molecule has 3 aromatic rings. The van der Waals surface area contributed by atoms with Crippen molar-refractivity contribution >= 4 is 27.1 Å². The third-order valence-electron chi connectivity index (χ3n) is 5.09. The average molecular weight is 418 g/mol. The molecular formula is C18H20BrN5O2. The Kier molecular flexibility index (Phi) is 4.32. The first-order chi connectivity index (χ1) is 12.5. The van der Waals surface area contributed by atoms with Crippen LogP contribution in [0.3, 0.4) is 0 Å². The van der Waals surface area contributed by atoms with Gasteiger partial charge in [0.2, 0.25) is 0 Å². The first-order valence-electron chi connectivity index (χ1n) is 8.58. The molecule has 7 nitrogen and oxygen atoms in total. The highest BCUT2D eigenvalue weighted by Crippen LogP contribution is 2.20. The first kappa shape index (κ1) is 17.2. The summed E-state index contributed by atoms with van der Waals surface area (Å²) >= 11 is 3.60. The summed E-state index contributed by atoms with van der Waals surface area (Å²) in [5, 5.41) is 0. The predicted octanol–water partition coefficient (Wildman–Crippen LogP) is 1.25. The van der Waals surface area contributed by atoms with Crippen LogP contribution in [0.25, 0.3) is 11.2 Å². The molecule has 1 aromatic carbocycles. The normalized spacial score (nSPS) is 14.7. The van der Waals surface area contributed by atoms with E-state index in [-0.39, 0.29) is 11.2 Å². The number of hydrogen-bond donors (Lipinski definition) is 0. The van der Waals surface area contributed by atoms with Gasteiger partial charge in [-0.05, 0) is 18.1 Å². The molecule has 0 atom stereocenters. The van der Waals surface area contributed by atoms with Crippen molar-refractivity contribution in [3.05, 3.63) is 61.0 Å². The van der Waals surface area contributed by atoms with Gasteiger partial charge in [-0.2, -0.15) is 0 Å². The number of hydrogen-bond acceptors (Lipinski definition) is 4.